The van der Waals surface area contributed by atoms with E-state index in [1.165, 1.54) is 64.2 Å². The van der Waals surface area contributed by atoms with E-state index in [1.807, 2.05) is 0 Å². The largest absolute Gasteiger partial charge is 0.381 e. The van der Waals surface area contributed by atoms with E-state index in [0.29, 0.717) is 11.8 Å². The third kappa shape index (κ3) is 11.7. The Kier molecular flexibility index (Phi) is 16.6. The molecule has 0 N–H and O–H groups in total. The molecule has 212 valence electrons. The molecule has 6 heteroatoms. The molecule has 1 saturated heterocycles. The van der Waals surface area contributed by atoms with Crippen molar-refractivity contribution in [1.82, 2.24) is 0 Å². The zero-order valence-electron chi connectivity index (χ0n) is 23.2. The first-order valence-corrected chi connectivity index (χ1v) is 15.4. The molecule has 6 nitrogen and oxygen atoms in total. The molecule has 0 aromatic rings. The maximum atomic E-state index is 7.03. The van der Waals surface area contributed by atoms with E-state index in [4.69, 9.17) is 28.4 Å². The van der Waals surface area contributed by atoms with Gasteiger partial charge < -0.3 is 28.4 Å². The molecule has 3 fully saturated rings. The van der Waals surface area contributed by atoms with Crippen LogP contribution < -0.4 is 0 Å². The first-order valence-electron chi connectivity index (χ1n) is 15.4. The van der Waals surface area contributed by atoms with Gasteiger partial charge in [0.15, 0.2) is 0 Å². The lowest BCUT2D eigenvalue weighted by Gasteiger charge is -2.49. The van der Waals surface area contributed by atoms with Gasteiger partial charge in [0.1, 0.15) is 0 Å². The van der Waals surface area contributed by atoms with Crippen LogP contribution in [0.4, 0.5) is 0 Å². The third-order valence-corrected chi connectivity index (χ3v) is 8.34. The van der Waals surface area contributed by atoms with Gasteiger partial charge >= 0.3 is 0 Å². The van der Waals surface area contributed by atoms with Gasteiger partial charge in [-0.25, -0.2) is 0 Å². The van der Waals surface area contributed by atoms with E-state index in [1.54, 1.807) is 0 Å². The molecule has 0 atom stereocenters. The Morgan fingerprint density at radius 1 is 0.333 bits per heavy atom. The summed E-state index contributed by atoms with van der Waals surface area (Å²) in [4.78, 5) is 0. The molecule has 0 bridgehead atoms. The second-order valence-electron chi connectivity index (χ2n) is 11.1. The maximum absolute atomic E-state index is 7.03. The molecule has 0 aromatic heterocycles. The first-order chi connectivity index (χ1) is 17.9. The van der Waals surface area contributed by atoms with E-state index in [9.17, 15) is 0 Å². The second-order valence-corrected chi connectivity index (χ2v) is 11.1. The monoisotopic (exact) mass is 512 g/mol. The molecule has 0 radical (unpaired) electrons. The normalized spacial score (nSPS) is 27.7. The fraction of sp³-hybridized carbons (Fsp3) is 1.00. The Labute approximate surface area is 221 Å². The molecule has 0 aromatic carbocycles. The highest BCUT2D eigenvalue weighted by molar-refractivity contribution is 4.96. The number of rotatable bonds is 2. The van der Waals surface area contributed by atoms with E-state index in [-0.39, 0.29) is 5.60 Å². The van der Waals surface area contributed by atoms with Gasteiger partial charge in [0, 0.05) is 79.1 Å². The van der Waals surface area contributed by atoms with Crippen LogP contribution in [0.25, 0.3) is 0 Å². The molecule has 3 rings (SSSR count). The summed E-state index contributed by atoms with van der Waals surface area (Å²) in [6.45, 7) is 8.48. The average Bonchev–Trinajstić information content (AvgIpc) is 2.93. The van der Waals surface area contributed by atoms with Crippen LogP contribution in [-0.2, 0) is 28.4 Å². The predicted octanol–water partition coefficient (Wildman–Crippen LogP) is 6.34. The van der Waals surface area contributed by atoms with Crippen LogP contribution in [0.2, 0.25) is 0 Å². The summed E-state index contributed by atoms with van der Waals surface area (Å²) in [6.07, 6.45) is 19.3. The van der Waals surface area contributed by atoms with Crippen LogP contribution in [-0.4, -0.2) is 78.3 Å². The van der Waals surface area contributed by atoms with Crippen molar-refractivity contribution in [3.05, 3.63) is 0 Å². The fourth-order valence-corrected chi connectivity index (χ4v) is 6.45. The van der Waals surface area contributed by atoms with Gasteiger partial charge in [-0.05, 0) is 69.6 Å². The molecule has 36 heavy (non-hydrogen) atoms. The van der Waals surface area contributed by atoms with Crippen LogP contribution in [0, 0.1) is 11.8 Å². The van der Waals surface area contributed by atoms with Gasteiger partial charge in [-0.2, -0.15) is 0 Å². The maximum Gasteiger partial charge on any atom is 0.0760 e. The smallest absolute Gasteiger partial charge is 0.0760 e. The van der Waals surface area contributed by atoms with Crippen molar-refractivity contribution in [1.29, 1.82) is 0 Å². The lowest BCUT2D eigenvalue weighted by molar-refractivity contribution is -0.158. The first kappa shape index (κ1) is 30.3. The van der Waals surface area contributed by atoms with Crippen molar-refractivity contribution >= 4 is 0 Å². The predicted molar refractivity (Wildman–Crippen MR) is 144 cm³/mol. The minimum Gasteiger partial charge on any atom is -0.381 e. The topological polar surface area (TPSA) is 55.4 Å². The van der Waals surface area contributed by atoms with Gasteiger partial charge in [0.05, 0.1) is 5.60 Å². The summed E-state index contributed by atoms with van der Waals surface area (Å²) < 4.78 is 36.3. The SMILES string of the molecule is C1CCC(C2(C3CCCCC3)CCOCCCOCCCOCCCOCCCOCCCO2)CC1. The Hall–Kier alpha value is -0.240. The molecule has 2 saturated carbocycles. The Balaban J connectivity index is 1.53. The lowest BCUT2D eigenvalue weighted by Crippen LogP contribution is -2.50. The number of hydrogen-bond acceptors (Lipinski definition) is 6. The van der Waals surface area contributed by atoms with Crippen LogP contribution in [0.15, 0.2) is 0 Å². The van der Waals surface area contributed by atoms with E-state index >= 15 is 0 Å². The molecule has 0 amide bonds. The molecule has 1 heterocycles. The molecule has 0 unspecified atom stereocenters. The van der Waals surface area contributed by atoms with Crippen molar-refractivity contribution in [3.8, 4) is 0 Å². The summed E-state index contributed by atoms with van der Waals surface area (Å²) >= 11 is 0. The van der Waals surface area contributed by atoms with Gasteiger partial charge in [0.25, 0.3) is 0 Å². The van der Waals surface area contributed by atoms with Crippen LogP contribution in [0.5, 0.6) is 0 Å². The van der Waals surface area contributed by atoms with Gasteiger partial charge in [-0.1, -0.05) is 38.5 Å². The zero-order valence-corrected chi connectivity index (χ0v) is 23.2. The molecule has 2 aliphatic carbocycles. The number of hydrogen-bond donors (Lipinski definition) is 0. The molecule has 3 aliphatic rings. The Bertz CT molecular complexity index is 460. The minimum absolute atomic E-state index is 0.0149. The lowest BCUT2D eigenvalue weighted by atomic mass is 9.65. The van der Waals surface area contributed by atoms with E-state index in [2.05, 4.69) is 0 Å². The average molecular weight is 513 g/mol. The van der Waals surface area contributed by atoms with E-state index < -0.39 is 0 Å². The van der Waals surface area contributed by atoms with Crippen molar-refractivity contribution in [2.75, 3.05) is 72.7 Å². The van der Waals surface area contributed by atoms with Gasteiger partial charge in [-0.15, -0.1) is 0 Å². The summed E-state index contributed by atoms with van der Waals surface area (Å²) in [5.41, 5.74) is -0.0149. The minimum atomic E-state index is -0.0149. The van der Waals surface area contributed by atoms with Crippen molar-refractivity contribution in [2.45, 2.75) is 108 Å². The van der Waals surface area contributed by atoms with Crippen molar-refractivity contribution < 1.29 is 28.4 Å². The summed E-state index contributed by atoms with van der Waals surface area (Å²) in [6, 6.07) is 0. The van der Waals surface area contributed by atoms with Gasteiger partial charge in [0.2, 0.25) is 0 Å². The highest BCUT2D eigenvalue weighted by Gasteiger charge is 2.46. The Morgan fingerprint density at radius 2 is 0.667 bits per heavy atom. The third-order valence-electron chi connectivity index (χ3n) is 8.34. The van der Waals surface area contributed by atoms with Crippen LogP contribution in [0.3, 0.4) is 0 Å². The second kappa shape index (κ2) is 19.8. The molecule has 1 aliphatic heterocycles. The molecular weight excluding hydrogens is 456 g/mol. The molecule has 0 spiro atoms. The van der Waals surface area contributed by atoms with Gasteiger partial charge in [-0.3, -0.25) is 0 Å². The van der Waals surface area contributed by atoms with Crippen molar-refractivity contribution in [3.63, 3.8) is 0 Å². The fourth-order valence-electron chi connectivity index (χ4n) is 6.45. The summed E-state index contributed by atoms with van der Waals surface area (Å²) in [7, 11) is 0. The highest BCUT2D eigenvalue weighted by atomic mass is 16.5. The Morgan fingerprint density at radius 3 is 1.06 bits per heavy atom. The standard InChI is InChI=1S/C30H56O6/c1-3-12-28(13-4-1)30(29-14-5-2-6-15-29)16-27-35-24-10-23-33-20-8-19-31-17-7-18-32-21-9-22-34-25-11-26-36-30/h28-29H,1-27H2. The van der Waals surface area contributed by atoms with Crippen LogP contribution in [0.1, 0.15) is 103 Å². The number of ether oxygens (including phenoxy) is 6. The zero-order chi connectivity index (χ0) is 25.0. The summed E-state index contributed by atoms with van der Waals surface area (Å²) in [5.74, 6) is 1.36. The highest BCUT2D eigenvalue weighted by Crippen LogP contribution is 2.47. The quantitative estimate of drug-likeness (QED) is 0.430. The summed E-state index contributed by atoms with van der Waals surface area (Å²) in [5, 5.41) is 0. The molecular formula is C30H56O6. The van der Waals surface area contributed by atoms with Crippen molar-refractivity contribution in [2.24, 2.45) is 11.8 Å². The van der Waals surface area contributed by atoms with E-state index in [0.717, 1.165) is 111 Å². The van der Waals surface area contributed by atoms with Crippen LogP contribution >= 0.6 is 0 Å².